The number of hydrogen-bond acceptors (Lipinski definition) is 2. The van der Waals surface area contributed by atoms with Crippen LogP contribution in [0.3, 0.4) is 0 Å². The van der Waals surface area contributed by atoms with Crippen LogP contribution in [-0.4, -0.2) is 9.78 Å². The summed E-state index contributed by atoms with van der Waals surface area (Å²) in [5.74, 6) is 0. The van der Waals surface area contributed by atoms with Crippen LogP contribution in [0, 0.1) is 0 Å². The van der Waals surface area contributed by atoms with Crippen LogP contribution in [0.4, 0.5) is 0 Å². The Morgan fingerprint density at radius 2 is 2.10 bits per heavy atom. The predicted molar refractivity (Wildman–Crippen MR) is 89.5 cm³/mol. The molecule has 1 heterocycles. The maximum Gasteiger partial charge on any atom is 0.0643 e. The molecule has 0 spiro atoms. The second-order valence-corrected chi connectivity index (χ2v) is 7.02. The summed E-state index contributed by atoms with van der Waals surface area (Å²) in [7, 11) is 0. The molecule has 0 aliphatic heterocycles. The Bertz CT molecular complexity index is 620. The van der Waals surface area contributed by atoms with Crippen LogP contribution in [0.5, 0.6) is 0 Å². The SMILES string of the molecule is NC(Cc1ccn(C2CCCC2)n1)c1ccc(Br)cc1Cl. The number of benzene rings is 1. The Kier molecular flexibility index (Phi) is 4.67. The lowest BCUT2D eigenvalue weighted by atomic mass is 10.0. The lowest BCUT2D eigenvalue weighted by Crippen LogP contribution is -2.15. The van der Waals surface area contributed by atoms with Crippen molar-refractivity contribution < 1.29 is 0 Å². The van der Waals surface area contributed by atoms with Crippen molar-refractivity contribution in [1.82, 2.24) is 9.78 Å². The monoisotopic (exact) mass is 367 g/mol. The molecule has 3 nitrogen and oxygen atoms in total. The highest BCUT2D eigenvalue weighted by molar-refractivity contribution is 9.10. The minimum absolute atomic E-state index is 0.127. The first-order valence-corrected chi connectivity index (χ1v) is 8.55. The summed E-state index contributed by atoms with van der Waals surface area (Å²) in [6.07, 6.45) is 7.90. The van der Waals surface area contributed by atoms with Gasteiger partial charge in [-0.25, -0.2) is 0 Å². The standard InChI is InChI=1S/C16H19BrClN3/c17-11-5-6-14(15(18)9-11)16(19)10-12-7-8-21(20-12)13-3-1-2-4-13/h5-9,13,16H,1-4,10,19H2. The number of hydrogen-bond donors (Lipinski definition) is 1. The van der Waals surface area contributed by atoms with Crippen molar-refractivity contribution in [3.63, 3.8) is 0 Å². The van der Waals surface area contributed by atoms with E-state index in [9.17, 15) is 0 Å². The van der Waals surface area contributed by atoms with Gasteiger partial charge in [0.15, 0.2) is 0 Å². The molecule has 1 aliphatic carbocycles. The van der Waals surface area contributed by atoms with Crippen molar-refractivity contribution >= 4 is 27.5 Å². The molecule has 1 saturated carbocycles. The van der Waals surface area contributed by atoms with E-state index in [1.54, 1.807) is 0 Å². The Labute approximate surface area is 138 Å². The van der Waals surface area contributed by atoms with Crippen molar-refractivity contribution in [3.8, 4) is 0 Å². The van der Waals surface area contributed by atoms with Gasteiger partial charge in [0.25, 0.3) is 0 Å². The molecule has 0 amide bonds. The molecule has 1 aromatic carbocycles. The van der Waals surface area contributed by atoms with Crippen molar-refractivity contribution in [1.29, 1.82) is 0 Å². The molecule has 2 N–H and O–H groups in total. The van der Waals surface area contributed by atoms with E-state index in [0.717, 1.165) is 15.7 Å². The fourth-order valence-electron chi connectivity index (χ4n) is 3.00. The van der Waals surface area contributed by atoms with E-state index in [1.807, 2.05) is 18.2 Å². The third kappa shape index (κ3) is 3.50. The number of nitrogens with zero attached hydrogens (tertiary/aromatic N) is 2. The van der Waals surface area contributed by atoms with Gasteiger partial charge in [0.2, 0.25) is 0 Å². The number of nitrogens with two attached hydrogens (primary N) is 1. The van der Waals surface area contributed by atoms with E-state index in [1.165, 1.54) is 25.7 Å². The molecular weight excluding hydrogens is 350 g/mol. The zero-order valence-electron chi connectivity index (χ0n) is 11.8. The molecule has 0 bridgehead atoms. The number of halogens is 2. The second-order valence-electron chi connectivity index (χ2n) is 5.70. The summed E-state index contributed by atoms with van der Waals surface area (Å²) < 4.78 is 3.08. The van der Waals surface area contributed by atoms with E-state index >= 15 is 0 Å². The molecule has 1 unspecified atom stereocenters. The van der Waals surface area contributed by atoms with E-state index in [4.69, 9.17) is 17.3 Å². The maximum absolute atomic E-state index is 6.29. The number of aromatic nitrogens is 2. The highest BCUT2D eigenvalue weighted by Crippen LogP contribution is 2.30. The largest absolute Gasteiger partial charge is 0.324 e. The van der Waals surface area contributed by atoms with Gasteiger partial charge in [-0.3, -0.25) is 4.68 Å². The van der Waals surface area contributed by atoms with Crippen molar-refractivity contribution in [3.05, 3.63) is 51.2 Å². The van der Waals surface area contributed by atoms with Crippen LogP contribution in [0.2, 0.25) is 5.02 Å². The third-order valence-corrected chi connectivity index (χ3v) is 4.97. The normalized spacial score (nSPS) is 17.3. The van der Waals surface area contributed by atoms with Crippen LogP contribution >= 0.6 is 27.5 Å². The number of rotatable bonds is 4. The summed E-state index contributed by atoms with van der Waals surface area (Å²) in [6, 6.07) is 8.35. The Morgan fingerprint density at radius 3 is 2.81 bits per heavy atom. The maximum atomic E-state index is 6.29. The van der Waals surface area contributed by atoms with E-state index in [0.29, 0.717) is 17.5 Å². The summed E-state index contributed by atoms with van der Waals surface area (Å²) in [5.41, 5.74) is 8.30. The Hall–Kier alpha value is -0.840. The topological polar surface area (TPSA) is 43.8 Å². The lowest BCUT2D eigenvalue weighted by molar-refractivity contribution is 0.461. The molecule has 3 rings (SSSR count). The van der Waals surface area contributed by atoms with Crippen molar-refractivity contribution in [2.24, 2.45) is 5.73 Å². The molecular formula is C16H19BrClN3. The van der Waals surface area contributed by atoms with E-state index < -0.39 is 0 Å². The van der Waals surface area contributed by atoms with Crippen LogP contribution in [0.15, 0.2) is 34.9 Å². The Morgan fingerprint density at radius 1 is 1.33 bits per heavy atom. The zero-order chi connectivity index (χ0) is 14.8. The quantitative estimate of drug-likeness (QED) is 0.853. The summed E-state index contributed by atoms with van der Waals surface area (Å²) in [4.78, 5) is 0. The van der Waals surface area contributed by atoms with Crippen molar-refractivity contribution in [2.75, 3.05) is 0 Å². The molecule has 5 heteroatoms. The summed E-state index contributed by atoms with van der Waals surface area (Å²) in [5, 5.41) is 5.39. The highest BCUT2D eigenvalue weighted by Gasteiger charge is 2.18. The molecule has 2 aromatic rings. The fourth-order valence-corrected chi connectivity index (χ4v) is 3.81. The van der Waals surface area contributed by atoms with E-state index in [2.05, 4.69) is 38.0 Å². The average molecular weight is 369 g/mol. The predicted octanol–water partition coefficient (Wildman–Crippen LogP) is 4.66. The second kappa shape index (κ2) is 6.51. The summed E-state index contributed by atoms with van der Waals surface area (Å²) in [6.45, 7) is 0. The molecule has 21 heavy (non-hydrogen) atoms. The molecule has 1 atom stereocenters. The van der Waals surface area contributed by atoms with Gasteiger partial charge in [-0.2, -0.15) is 5.10 Å². The van der Waals surface area contributed by atoms with Gasteiger partial charge in [0, 0.05) is 28.2 Å². The average Bonchev–Trinajstić information content (AvgIpc) is 3.08. The van der Waals surface area contributed by atoms with Gasteiger partial charge in [-0.15, -0.1) is 0 Å². The lowest BCUT2D eigenvalue weighted by Gasteiger charge is -2.13. The van der Waals surface area contributed by atoms with Crippen LogP contribution in [-0.2, 0) is 6.42 Å². The smallest absolute Gasteiger partial charge is 0.0643 e. The van der Waals surface area contributed by atoms with Gasteiger partial charge in [0.05, 0.1) is 11.7 Å². The van der Waals surface area contributed by atoms with Gasteiger partial charge in [0.1, 0.15) is 0 Å². The molecule has 1 fully saturated rings. The first-order chi connectivity index (χ1) is 10.1. The van der Waals surface area contributed by atoms with E-state index in [-0.39, 0.29) is 6.04 Å². The molecule has 112 valence electrons. The van der Waals surface area contributed by atoms with Crippen LogP contribution in [0.1, 0.15) is 49.0 Å². The van der Waals surface area contributed by atoms with Crippen LogP contribution < -0.4 is 5.73 Å². The van der Waals surface area contributed by atoms with Gasteiger partial charge in [-0.05, 0) is 36.6 Å². The third-order valence-electron chi connectivity index (χ3n) is 4.15. The van der Waals surface area contributed by atoms with Gasteiger partial charge >= 0.3 is 0 Å². The molecule has 0 radical (unpaired) electrons. The van der Waals surface area contributed by atoms with Gasteiger partial charge in [-0.1, -0.05) is 46.4 Å². The first-order valence-electron chi connectivity index (χ1n) is 7.38. The first kappa shape index (κ1) is 15.1. The van der Waals surface area contributed by atoms with Crippen LogP contribution in [0.25, 0.3) is 0 Å². The molecule has 1 aromatic heterocycles. The zero-order valence-corrected chi connectivity index (χ0v) is 14.1. The highest BCUT2D eigenvalue weighted by atomic mass is 79.9. The molecule has 0 saturated heterocycles. The minimum Gasteiger partial charge on any atom is -0.324 e. The minimum atomic E-state index is -0.127. The summed E-state index contributed by atoms with van der Waals surface area (Å²) >= 11 is 9.68. The fraction of sp³-hybridized carbons (Fsp3) is 0.438. The molecule has 1 aliphatic rings. The Balaban J connectivity index is 1.70. The van der Waals surface area contributed by atoms with Gasteiger partial charge < -0.3 is 5.73 Å². The van der Waals surface area contributed by atoms with Crippen molar-refractivity contribution in [2.45, 2.75) is 44.2 Å².